The molecule has 0 fully saturated rings. The predicted molar refractivity (Wildman–Crippen MR) is 105 cm³/mol. The van der Waals surface area contributed by atoms with Crippen LogP contribution in [0.15, 0.2) is 48.5 Å². The minimum absolute atomic E-state index is 0.265. The maximum atomic E-state index is 9.46. The second-order valence-corrected chi connectivity index (χ2v) is 13.7. The Morgan fingerprint density at radius 1 is 0.760 bits per heavy atom. The molecule has 6 heteroatoms. The fourth-order valence-electron chi connectivity index (χ4n) is 2.82. The number of benzene rings is 2. The average molecular weight is 377 g/mol. The van der Waals surface area contributed by atoms with Gasteiger partial charge in [0.2, 0.25) is 0 Å². The first-order valence-corrected chi connectivity index (χ1v) is 13.5. The maximum Gasteiger partial charge on any atom is 0.330 e. The van der Waals surface area contributed by atoms with Crippen molar-refractivity contribution in [3.05, 3.63) is 65.2 Å². The van der Waals surface area contributed by atoms with Gasteiger partial charge < -0.3 is 18.1 Å². The standard InChI is InChI=1S/C19H28O4Si2/c1-16-6-8-17(9-7-16)14-24(4,21-2)23-25(5,22-3)15-18-10-12-19(20)13-11-18/h6-13,20H,14-15H2,1-5H3. The normalized spacial score (nSPS) is 16.2. The average Bonchev–Trinajstić information content (AvgIpc) is 2.59. The summed E-state index contributed by atoms with van der Waals surface area (Å²) in [5, 5.41) is 9.46. The molecular weight excluding hydrogens is 348 g/mol. The molecular formula is C19H28O4Si2. The van der Waals surface area contributed by atoms with Crippen LogP contribution in [0.25, 0.3) is 0 Å². The summed E-state index contributed by atoms with van der Waals surface area (Å²) in [6.45, 7) is 6.24. The molecule has 2 aromatic carbocycles. The van der Waals surface area contributed by atoms with Gasteiger partial charge in [-0.05, 0) is 43.3 Å². The third-order valence-electron chi connectivity index (χ3n) is 4.40. The Labute approximate surface area is 152 Å². The molecule has 0 saturated heterocycles. The van der Waals surface area contributed by atoms with Gasteiger partial charge in [-0.1, -0.05) is 42.0 Å². The minimum atomic E-state index is -2.45. The van der Waals surface area contributed by atoms with Gasteiger partial charge in [0.1, 0.15) is 5.75 Å². The molecule has 0 aromatic heterocycles. The SMILES string of the molecule is CO[Si](C)(Cc1ccc(C)cc1)O[Si](C)(Cc1ccc(O)cc1)OC. The van der Waals surface area contributed by atoms with E-state index < -0.39 is 17.1 Å². The van der Waals surface area contributed by atoms with Crippen LogP contribution < -0.4 is 0 Å². The molecule has 0 radical (unpaired) electrons. The molecule has 2 aromatic rings. The lowest BCUT2D eigenvalue weighted by Gasteiger charge is -2.35. The minimum Gasteiger partial charge on any atom is -0.508 e. The van der Waals surface area contributed by atoms with Crippen molar-refractivity contribution >= 4 is 17.1 Å². The van der Waals surface area contributed by atoms with Gasteiger partial charge in [0.15, 0.2) is 0 Å². The molecule has 0 saturated carbocycles. The molecule has 0 spiro atoms. The fraction of sp³-hybridized carbons (Fsp3) is 0.368. The number of aryl methyl sites for hydroxylation is 1. The highest BCUT2D eigenvalue weighted by Gasteiger charge is 2.42. The fourth-order valence-corrected chi connectivity index (χ4v) is 9.96. The molecule has 0 aliphatic rings. The smallest absolute Gasteiger partial charge is 0.330 e. The van der Waals surface area contributed by atoms with E-state index in [9.17, 15) is 5.11 Å². The van der Waals surface area contributed by atoms with Crippen molar-refractivity contribution in [1.29, 1.82) is 0 Å². The van der Waals surface area contributed by atoms with E-state index in [1.165, 1.54) is 11.1 Å². The first kappa shape index (κ1) is 19.9. The van der Waals surface area contributed by atoms with Gasteiger partial charge in [-0.25, -0.2) is 0 Å². The molecule has 2 rings (SSSR count). The highest BCUT2D eigenvalue weighted by molar-refractivity contribution is 6.79. The van der Waals surface area contributed by atoms with E-state index in [-0.39, 0.29) is 5.75 Å². The quantitative estimate of drug-likeness (QED) is 0.707. The molecule has 1 N–H and O–H groups in total. The zero-order chi connectivity index (χ0) is 18.5. The van der Waals surface area contributed by atoms with Crippen LogP contribution in [0.5, 0.6) is 5.75 Å². The van der Waals surface area contributed by atoms with Gasteiger partial charge in [-0.2, -0.15) is 0 Å². The third-order valence-corrected chi connectivity index (χ3v) is 11.7. The van der Waals surface area contributed by atoms with Gasteiger partial charge in [0.05, 0.1) is 0 Å². The summed E-state index contributed by atoms with van der Waals surface area (Å²) in [5.41, 5.74) is 3.56. The Hall–Kier alpha value is -1.45. The highest BCUT2D eigenvalue weighted by atomic mass is 28.5. The molecule has 2 unspecified atom stereocenters. The topological polar surface area (TPSA) is 47.9 Å². The Bertz CT molecular complexity index is 615. The van der Waals surface area contributed by atoms with Crippen molar-refractivity contribution in [2.45, 2.75) is 32.1 Å². The van der Waals surface area contributed by atoms with E-state index in [0.29, 0.717) is 6.04 Å². The van der Waals surface area contributed by atoms with Crippen LogP contribution in [0.4, 0.5) is 0 Å². The van der Waals surface area contributed by atoms with Crippen molar-refractivity contribution in [3.8, 4) is 5.75 Å². The third kappa shape index (κ3) is 5.79. The van der Waals surface area contributed by atoms with Crippen LogP contribution in [0.3, 0.4) is 0 Å². The summed E-state index contributed by atoms with van der Waals surface area (Å²) < 4.78 is 18.3. The lowest BCUT2D eigenvalue weighted by atomic mass is 10.2. The second-order valence-electron chi connectivity index (χ2n) is 6.78. The van der Waals surface area contributed by atoms with Crippen LogP contribution in [-0.4, -0.2) is 36.4 Å². The summed E-state index contributed by atoms with van der Waals surface area (Å²) in [6.07, 6.45) is 0. The number of aromatic hydroxyl groups is 1. The highest BCUT2D eigenvalue weighted by Crippen LogP contribution is 2.24. The Balaban J connectivity index is 2.14. The Kier molecular flexibility index (Phi) is 6.59. The van der Waals surface area contributed by atoms with Gasteiger partial charge in [-0.3, -0.25) is 0 Å². The summed E-state index contributed by atoms with van der Waals surface area (Å²) >= 11 is 0. The Morgan fingerprint density at radius 3 is 1.56 bits per heavy atom. The van der Waals surface area contributed by atoms with E-state index in [1.807, 2.05) is 12.1 Å². The molecule has 0 aliphatic heterocycles. The van der Waals surface area contributed by atoms with Gasteiger partial charge in [0, 0.05) is 26.3 Å². The second kappa shape index (κ2) is 8.29. The molecule has 0 bridgehead atoms. The zero-order valence-electron chi connectivity index (χ0n) is 15.7. The first-order chi connectivity index (χ1) is 11.8. The number of phenolic OH excluding ortho intramolecular Hbond substituents is 1. The molecule has 0 amide bonds. The van der Waals surface area contributed by atoms with Gasteiger partial charge >= 0.3 is 17.1 Å². The maximum absolute atomic E-state index is 9.46. The van der Waals surface area contributed by atoms with Crippen LogP contribution in [0.2, 0.25) is 13.1 Å². The van der Waals surface area contributed by atoms with E-state index in [1.54, 1.807) is 26.4 Å². The largest absolute Gasteiger partial charge is 0.508 e. The number of rotatable bonds is 8. The van der Waals surface area contributed by atoms with Crippen LogP contribution in [-0.2, 0) is 25.1 Å². The number of phenols is 1. The molecule has 25 heavy (non-hydrogen) atoms. The first-order valence-electron chi connectivity index (χ1n) is 8.41. The molecule has 136 valence electrons. The summed E-state index contributed by atoms with van der Waals surface area (Å²) in [7, 11) is -1.42. The monoisotopic (exact) mass is 376 g/mol. The summed E-state index contributed by atoms with van der Waals surface area (Å²) in [6, 6.07) is 17.2. The number of hydrogen-bond acceptors (Lipinski definition) is 4. The van der Waals surface area contributed by atoms with E-state index >= 15 is 0 Å². The van der Waals surface area contributed by atoms with Crippen molar-refractivity contribution in [2.24, 2.45) is 0 Å². The zero-order valence-corrected chi connectivity index (χ0v) is 17.7. The van der Waals surface area contributed by atoms with E-state index in [4.69, 9.17) is 13.0 Å². The van der Waals surface area contributed by atoms with Crippen molar-refractivity contribution in [2.75, 3.05) is 14.2 Å². The summed E-state index contributed by atoms with van der Waals surface area (Å²) in [5.74, 6) is 0.265. The van der Waals surface area contributed by atoms with Gasteiger partial charge in [-0.15, -0.1) is 0 Å². The van der Waals surface area contributed by atoms with Crippen molar-refractivity contribution < 1.29 is 18.1 Å². The van der Waals surface area contributed by atoms with Crippen LogP contribution in [0, 0.1) is 6.92 Å². The summed E-state index contributed by atoms with van der Waals surface area (Å²) in [4.78, 5) is 0. The van der Waals surface area contributed by atoms with Gasteiger partial charge in [0.25, 0.3) is 0 Å². The predicted octanol–water partition coefficient (Wildman–Crippen LogP) is 4.02. The lowest BCUT2D eigenvalue weighted by Crippen LogP contribution is -2.54. The van der Waals surface area contributed by atoms with Crippen LogP contribution >= 0.6 is 0 Å². The molecule has 4 nitrogen and oxygen atoms in total. The van der Waals surface area contributed by atoms with Crippen molar-refractivity contribution in [1.82, 2.24) is 0 Å². The van der Waals surface area contributed by atoms with E-state index in [2.05, 4.69) is 44.3 Å². The number of hydrogen-bond donors (Lipinski definition) is 1. The Morgan fingerprint density at radius 2 is 1.16 bits per heavy atom. The van der Waals surface area contributed by atoms with Crippen LogP contribution in [0.1, 0.15) is 16.7 Å². The van der Waals surface area contributed by atoms with E-state index in [0.717, 1.165) is 11.6 Å². The van der Waals surface area contributed by atoms with Crippen molar-refractivity contribution in [3.63, 3.8) is 0 Å². The lowest BCUT2D eigenvalue weighted by molar-refractivity contribution is 0.239. The molecule has 2 atom stereocenters. The molecule has 0 aliphatic carbocycles. The molecule has 0 heterocycles.